The summed E-state index contributed by atoms with van der Waals surface area (Å²) < 4.78 is 33.1. The molecule has 1 fully saturated rings. The predicted octanol–water partition coefficient (Wildman–Crippen LogP) is 3.59. The molecule has 0 N–H and O–H groups in total. The van der Waals surface area contributed by atoms with Gasteiger partial charge in [-0.15, -0.1) is 0 Å². The van der Waals surface area contributed by atoms with Crippen LogP contribution in [-0.4, -0.2) is 56.8 Å². The number of halogens is 1. The summed E-state index contributed by atoms with van der Waals surface area (Å²) in [5.74, 6) is 0.238. The Kier molecular flexibility index (Phi) is 7.75. The van der Waals surface area contributed by atoms with E-state index in [2.05, 4.69) is 0 Å². The molecule has 0 saturated carbocycles. The number of benzene rings is 2. The Morgan fingerprint density at radius 2 is 1.80 bits per heavy atom. The highest BCUT2D eigenvalue weighted by molar-refractivity contribution is 7.89. The number of rotatable bonds is 8. The van der Waals surface area contributed by atoms with Crippen LogP contribution in [0, 0.1) is 0 Å². The zero-order chi connectivity index (χ0) is 21.6. The van der Waals surface area contributed by atoms with E-state index in [1.54, 1.807) is 4.90 Å². The van der Waals surface area contributed by atoms with Gasteiger partial charge < -0.3 is 9.64 Å². The van der Waals surface area contributed by atoms with E-state index in [1.165, 1.54) is 29.6 Å². The molecule has 1 heterocycles. The minimum Gasteiger partial charge on any atom is -0.495 e. The van der Waals surface area contributed by atoms with Gasteiger partial charge in [-0.2, -0.15) is 4.31 Å². The van der Waals surface area contributed by atoms with Crippen LogP contribution >= 0.6 is 11.6 Å². The third-order valence-corrected chi connectivity index (χ3v) is 7.41. The fraction of sp³-hybridized carbons (Fsp3) is 0.409. The van der Waals surface area contributed by atoms with E-state index in [4.69, 9.17) is 16.3 Å². The molecule has 1 saturated heterocycles. The van der Waals surface area contributed by atoms with Crippen LogP contribution in [0.25, 0.3) is 0 Å². The molecule has 162 valence electrons. The fourth-order valence-electron chi connectivity index (χ4n) is 3.53. The van der Waals surface area contributed by atoms with Crippen LogP contribution in [0.4, 0.5) is 0 Å². The number of carbonyl (C=O) groups is 1. The van der Waals surface area contributed by atoms with E-state index in [1.807, 2.05) is 30.3 Å². The molecule has 0 atom stereocenters. The van der Waals surface area contributed by atoms with Gasteiger partial charge in [0.1, 0.15) is 5.75 Å². The third-order valence-electron chi connectivity index (χ3n) is 5.27. The molecule has 0 unspecified atom stereocenters. The number of carbonyl (C=O) groups excluding carboxylic acids is 1. The van der Waals surface area contributed by atoms with Gasteiger partial charge in [0.2, 0.25) is 15.9 Å². The second kappa shape index (κ2) is 10.3. The zero-order valence-electron chi connectivity index (χ0n) is 17.1. The first-order valence-corrected chi connectivity index (χ1v) is 11.9. The maximum atomic E-state index is 13.4. The fourth-order valence-corrected chi connectivity index (χ4v) is 5.27. The van der Waals surface area contributed by atoms with Crippen LogP contribution in [0.15, 0.2) is 53.4 Å². The topological polar surface area (TPSA) is 66.9 Å². The zero-order valence-corrected chi connectivity index (χ0v) is 18.7. The lowest BCUT2D eigenvalue weighted by atomic mass is 10.1. The minimum atomic E-state index is -3.91. The molecule has 6 nitrogen and oxygen atoms in total. The Balaban J connectivity index is 1.84. The first kappa shape index (κ1) is 22.6. The summed E-state index contributed by atoms with van der Waals surface area (Å²) in [6, 6.07) is 14.0. The van der Waals surface area contributed by atoms with E-state index in [0.29, 0.717) is 25.3 Å². The lowest BCUT2D eigenvalue weighted by Crippen LogP contribution is -2.45. The van der Waals surface area contributed by atoms with Crippen LogP contribution in [0.3, 0.4) is 0 Å². The summed E-state index contributed by atoms with van der Waals surface area (Å²) in [5, 5.41) is 0.212. The molecule has 0 radical (unpaired) electrons. The lowest BCUT2D eigenvalue weighted by molar-refractivity contribution is -0.132. The highest BCUT2D eigenvalue weighted by Gasteiger charge is 2.29. The molecular weight excluding hydrogens is 424 g/mol. The highest BCUT2D eigenvalue weighted by Crippen LogP contribution is 2.28. The van der Waals surface area contributed by atoms with E-state index in [9.17, 15) is 13.2 Å². The van der Waals surface area contributed by atoms with Gasteiger partial charge in [0.25, 0.3) is 0 Å². The Morgan fingerprint density at radius 1 is 1.10 bits per heavy atom. The molecule has 1 aliphatic rings. The average molecular weight is 451 g/mol. The molecule has 3 rings (SSSR count). The Labute approximate surface area is 183 Å². The van der Waals surface area contributed by atoms with E-state index >= 15 is 0 Å². The SMILES string of the molecule is COc1ccc(S(=O)(=O)N(CCc2ccccc2)CC(=O)N2CCCCC2)cc1Cl. The molecule has 0 spiro atoms. The summed E-state index contributed by atoms with van der Waals surface area (Å²) >= 11 is 6.16. The molecule has 1 amide bonds. The second-order valence-corrected chi connectivity index (χ2v) is 9.66. The number of nitrogens with zero attached hydrogens (tertiary/aromatic N) is 2. The van der Waals surface area contributed by atoms with Crippen molar-refractivity contribution >= 4 is 27.5 Å². The van der Waals surface area contributed by atoms with Crippen molar-refractivity contribution in [2.24, 2.45) is 0 Å². The van der Waals surface area contributed by atoms with Gasteiger partial charge in [0.15, 0.2) is 0 Å². The third kappa shape index (κ3) is 5.53. The number of methoxy groups -OCH3 is 1. The highest BCUT2D eigenvalue weighted by atomic mass is 35.5. The van der Waals surface area contributed by atoms with Gasteiger partial charge in [-0.05, 0) is 49.4 Å². The van der Waals surface area contributed by atoms with Crippen LogP contribution in [0.5, 0.6) is 5.75 Å². The van der Waals surface area contributed by atoms with Crippen LogP contribution in [-0.2, 0) is 21.2 Å². The number of amides is 1. The minimum absolute atomic E-state index is 0.0489. The molecule has 8 heteroatoms. The molecule has 30 heavy (non-hydrogen) atoms. The Hall–Kier alpha value is -2.09. The molecule has 1 aliphatic heterocycles. The van der Waals surface area contributed by atoms with Gasteiger partial charge in [-0.1, -0.05) is 41.9 Å². The van der Waals surface area contributed by atoms with Crippen molar-refractivity contribution < 1.29 is 17.9 Å². The summed E-state index contributed by atoms with van der Waals surface area (Å²) in [6.07, 6.45) is 3.52. The van der Waals surface area contributed by atoms with Gasteiger partial charge in [-0.3, -0.25) is 4.79 Å². The largest absolute Gasteiger partial charge is 0.495 e. The number of hydrogen-bond acceptors (Lipinski definition) is 4. The molecule has 0 bridgehead atoms. The average Bonchev–Trinajstić information content (AvgIpc) is 2.77. The predicted molar refractivity (Wildman–Crippen MR) is 117 cm³/mol. The molecule has 0 aromatic heterocycles. The van der Waals surface area contributed by atoms with E-state index in [-0.39, 0.29) is 28.9 Å². The number of likely N-dealkylation sites (tertiary alicyclic amines) is 1. The van der Waals surface area contributed by atoms with Crippen molar-refractivity contribution in [3.63, 3.8) is 0 Å². The van der Waals surface area contributed by atoms with Crippen LogP contribution < -0.4 is 4.74 Å². The van der Waals surface area contributed by atoms with Gasteiger partial charge in [-0.25, -0.2) is 8.42 Å². The summed E-state index contributed by atoms with van der Waals surface area (Å²) in [5.41, 5.74) is 1.01. The quantitative estimate of drug-likeness (QED) is 0.616. The van der Waals surface area contributed by atoms with Crippen molar-refractivity contribution in [3.05, 3.63) is 59.1 Å². The van der Waals surface area contributed by atoms with Gasteiger partial charge in [0, 0.05) is 19.6 Å². The molecular formula is C22H27ClN2O4S. The first-order chi connectivity index (χ1) is 14.4. The summed E-state index contributed by atoms with van der Waals surface area (Å²) in [4.78, 5) is 14.6. The normalized spacial score (nSPS) is 14.7. The van der Waals surface area contributed by atoms with E-state index < -0.39 is 10.0 Å². The molecule has 0 aliphatic carbocycles. The van der Waals surface area contributed by atoms with E-state index in [0.717, 1.165) is 24.8 Å². The molecule has 2 aromatic carbocycles. The van der Waals surface area contributed by atoms with Crippen molar-refractivity contribution in [3.8, 4) is 5.75 Å². The van der Waals surface area contributed by atoms with Crippen molar-refractivity contribution in [2.75, 3.05) is 33.3 Å². The first-order valence-electron chi connectivity index (χ1n) is 10.1. The Morgan fingerprint density at radius 3 is 2.43 bits per heavy atom. The van der Waals surface area contributed by atoms with Crippen LogP contribution in [0.1, 0.15) is 24.8 Å². The summed E-state index contributed by atoms with van der Waals surface area (Å²) in [6.45, 7) is 1.38. The number of hydrogen-bond donors (Lipinski definition) is 0. The summed E-state index contributed by atoms with van der Waals surface area (Å²) in [7, 11) is -2.44. The van der Waals surface area contributed by atoms with Crippen molar-refractivity contribution in [2.45, 2.75) is 30.6 Å². The monoisotopic (exact) mass is 450 g/mol. The van der Waals surface area contributed by atoms with Crippen molar-refractivity contribution in [1.29, 1.82) is 0 Å². The molecule has 2 aromatic rings. The lowest BCUT2D eigenvalue weighted by Gasteiger charge is -2.30. The second-order valence-electron chi connectivity index (χ2n) is 7.31. The number of sulfonamides is 1. The van der Waals surface area contributed by atoms with Crippen LogP contribution in [0.2, 0.25) is 5.02 Å². The Bertz CT molecular complexity index is 960. The maximum Gasteiger partial charge on any atom is 0.243 e. The van der Waals surface area contributed by atoms with Crippen molar-refractivity contribution in [1.82, 2.24) is 9.21 Å². The maximum absolute atomic E-state index is 13.4. The number of piperidine rings is 1. The van der Waals surface area contributed by atoms with Gasteiger partial charge >= 0.3 is 0 Å². The smallest absolute Gasteiger partial charge is 0.243 e. The standard InChI is InChI=1S/C22H27ClN2O4S/c1-29-21-11-10-19(16-20(21)23)30(27,28)25(15-12-18-8-4-2-5-9-18)17-22(26)24-13-6-3-7-14-24/h2,4-5,8-11,16H,3,6-7,12-15,17H2,1H3. The number of ether oxygens (including phenoxy) is 1. The van der Waals surface area contributed by atoms with Gasteiger partial charge in [0.05, 0.1) is 23.6 Å².